The Morgan fingerprint density at radius 2 is 2.15 bits per heavy atom. The third-order valence-corrected chi connectivity index (χ3v) is 4.90. The zero-order chi connectivity index (χ0) is 15.0. The molecule has 114 valence electrons. The summed E-state index contributed by atoms with van der Waals surface area (Å²) in [5.74, 6) is -0.811. The molecule has 0 unspecified atom stereocenters. The Morgan fingerprint density at radius 3 is 2.80 bits per heavy atom. The van der Waals surface area contributed by atoms with Crippen LogP contribution in [0.1, 0.15) is 46.5 Å². The Hall–Kier alpha value is -0.820. The molecule has 0 saturated heterocycles. The first-order valence-electron chi connectivity index (χ1n) is 6.85. The molecule has 0 fully saturated rings. The maximum absolute atomic E-state index is 10.5. The molecule has 0 atom stereocenters. The molecule has 20 heavy (non-hydrogen) atoms. The first-order valence-corrected chi connectivity index (χ1v) is 8.65. The van der Waals surface area contributed by atoms with Crippen molar-refractivity contribution in [3.8, 4) is 0 Å². The fourth-order valence-corrected chi connectivity index (χ4v) is 3.19. The van der Waals surface area contributed by atoms with E-state index >= 15 is 0 Å². The maximum atomic E-state index is 10.5. The molecule has 0 aliphatic rings. The predicted molar refractivity (Wildman–Crippen MR) is 84.7 cm³/mol. The van der Waals surface area contributed by atoms with Crippen LogP contribution in [-0.4, -0.2) is 33.6 Å². The lowest BCUT2D eigenvalue weighted by atomic mass is 9.87. The first kappa shape index (κ1) is 17.2. The second kappa shape index (κ2) is 8.46. The van der Waals surface area contributed by atoms with Gasteiger partial charge in [-0.25, -0.2) is 0 Å². The lowest BCUT2D eigenvalue weighted by Gasteiger charge is -2.24. The van der Waals surface area contributed by atoms with E-state index in [4.69, 9.17) is 5.11 Å². The molecule has 1 aromatic heterocycles. The SMILES string of the molecule is CCCCCC(C)(C)CNc1nnc(SCC(=O)O)s1. The molecular formula is C13H23N3O2S2. The zero-order valence-electron chi connectivity index (χ0n) is 12.3. The normalized spacial score (nSPS) is 11.6. The lowest BCUT2D eigenvalue weighted by molar-refractivity contribution is -0.133. The van der Waals surface area contributed by atoms with Crippen molar-refractivity contribution in [2.24, 2.45) is 5.41 Å². The molecular weight excluding hydrogens is 294 g/mol. The Morgan fingerprint density at radius 1 is 1.40 bits per heavy atom. The molecule has 0 aliphatic carbocycles. The number of carboxylic acids is 1. The van der Waals surface area contributed by atoms with Crippen molar-refractivity contribution < 1.29 is 9.90 Å². The topological polar surface area (TPSA) is 75.1 Å². The number of hydrogen-bond donors (Lipinski definition) is 2. The van der Waals surface area contributed by atoms with Gasteiger partial charge in [-0.3, -0.25) is 4.79 Å². The van der Waals surface area contributed by atoms with E-state index in [1.165, 1.54) is 48.8 Å². The molecule has 1 rings (SSSR count). The van der Waals surface area contributed by atoms with Gasteiger partial charge in [-0.15, -0.1) is 10.2 Å². The van der Waals surface area contributed by atoms with Crippen molar-refractivity contribution in [1.29, 1.82) is 0 Å². The summed E-state index contributed by atoms with van der Waals surface area (Å²) in [6.45, 7) is 7.56. The molecule has 0 spiro atoms. The molecule has 1 heterocycles. The smallest absolute Gasteiger partial charge is 0.313 e. The predicted octanol–water partition coefficient (Wildman–Crippen LogP) is 3.73. The molecule has 0 saturated carbocycles. The second-order valence-corrected chi connectivity index (χ2v) is 7.73. The van der Waals surface area contributed by atoms with Gasteiger partial charge < -0.3 is 10.4 Å². The van der Waals surface area contributed by atoms with Gasteiger partial charge in [-0.05, 0) is 11.8 Å². The number of carbonyl (C=O) groups is 1. The standard InChI is InChI=1S/C13H23N3O2S2/c1-4-5-6-7-13(2,3)9-14-11-15-16-12(20-11)19-8-10(17)18/h4-9H2,1-3H3,(H,14,15)(H,17,18). The van der Waals surface area contributed by atoms with Crippen molar-refractivity contribution in [3.63, 3.8) is 0 Å². The van der Waals surface area contributed by atoms with E-state index in [0.29, 0.717) is 4.34 Å². The number of anilines is 1. The van der Waals surface area contributed by atoms with Crippen LogP contribution >= 0.6 is 23.1 Å². The fraction of sp³-hybridized carbons (Fsp3) is 0.769. The van der Waals surface area contributed by atoms with Gasteiger partial charge in [0, 0.05) is 6.54 Å². The van der Waals surface area contributed by atoms with Crippen LogP contribution in [0.15, 0.2) is 4.34 Å². The molecule has 1 aromatic rings. The van der Waals surface area contributed by atoms with Gasteiger partial charge in [0.2, 0.25) is 5.13 Å². The Balaban J connectivity index is 2.35. The molecule has 0 bridgehead atoms. The number of thioether (sulfide) groups is 1. The van der Waals surface area contributed by atoms with Crippen molar-refractivity contribution in [2.75, 3.05) is 17.6 Å². The molecule has 0 aromatic carbocycles. The van der Waals surface area contributed by atoms with E-state index in [-0.39, 0.29) is 11.2 Å². The third-order valence-electron chi connectivity index (χ3n) is 2.90. The van der Waals surface area contributed by atoms with Crippen LogP contribution in [0, 0.1) is 5.41 Å². The van der Waals surface area contributed by atoms with Crippen molar-refractivity contribution in [1.82, 2.24) is 10.2 Å². The van der Waals surface area contributed by atoms with E-state index in [0.717, 1.165) is 11.7 Å². The monoisotopic (exact) mass is 317 g/mol. The summed E-state index contributed by atoms with van der Waals surface area (Å²) in [4.78, 5) is 10.5. The highest BCUT2D eigenvalue weighted by Gasteiger charge is 2.18. The van der Waals surface area contributed by atoms with Crippen LogP contribution in [0.3, 0.4) is 0 Å². The minimum atomic E-state index is -0.836. The zero-order valence-corrected chi connectivity index (χ0v) is 13.9. The van der Waals surface area contributed by atoms with Gasteiger partial charge >= 0.3 is 5.97 Å². The molecule has 0 amide bonds. The van der Waals surface area contributed by atoms with E-state index in [2.05, 4.69) is 36.3 Å². The summed E-state index contributed by atoms with van der Waals surface area (Å²) < 4.78 is 0.693. The molecule has 2 N–H and O–H groups in total. The average molecular weight is 317 g/mol. The number of nitrogens with zero attached hydrogens (tertiary/aromatic N) is 2. The van der Waals surface area contributed by atoms with Crippen molar-refractivity contribution in [2.45, 2.75) is 50.8 Å². The third kappa shape index (κ3) is 7.09. The van der Waals surface area contributed by atoms with Gasteiger partial charge in [0.25, 0.3) is 0 Å². The molecule has 0 aliphatic heterocycles. The van der Waals surface area contributed by atoms with Crippen LogP contribution < -0.4 is 5.32 Å². The molecule has 5 nitrogen and oxygen atoms in total. The summed E-state index contributed by atoms with van der Waals surface area (Å²) in [6.07, 6.45) is 4.95. The van der Waals surface area contributed by atoms with Gasteiger partial charge in [0.15, 0.2) is 4.34 Å². The summed E-state index contributed by atoms with van der Waals surface area (Å²) in [7, 11) is 0. The largest absolute Gasteiger partial charge is 0.481 e. The highest BCUT2D eigenvalue weighted by atomic mass is 32.2. The quantitative estimate of drug-likeness (QED) is 0.506. The van der Waals surface area contributed by atoms with Crippen molar-refractivity contribution in [3.05, 3.63) is 0 Å². The Labute approximate surface area is 128 Å². The van der Waals surface area contributed by atoms with E-state index in [1.807, 2.05) is 0 Å². The second-order valence-electron chi connectivity index (χ2n) is 5.53. The summed E-state index contributed by atoms with van der Waals surface area (Å²) in [5.41, 5.74) is 0.231. The van der Waals surface area contributed by atoms with Gasteiger partial charge in [-0.1, -0.05) is 63.1 Å². The number of carboxylic acid groups (broad SMARTS) is 1. The first-order chi connectivity index (χ1) is 9.43. The summed E-state index contributed by atoms with van der Waals surface area (Å²) >= 11 is 2.62. The number of aliphatic carboxylic acids is 1. The number of unbranched alkanes of at least 4 members (excludes halogenated alkanes) is 2. The average Bonchev–Trinajstić information content (AvgIpc) is 2.82. The van der Waals surface area contributed by atoms with Gasteiger partial charge in [0.1, 0.15) is 0 Å². The maximum Gasteiger partial charge on any atom is 0.313 e. The van der Waals surface area contributed by atoms with E-state index in [9.17, 15) is 4.79 Å². The summed E-state index contributed by atoms with van der Waals surface area (Å²) in [6, 6.07) is 0. The van der Waals surface area contributed by atoms with E-state index in [1.54, 1.807) is 0 Å². The number of rotatable bonds is 10. The van der Waals surface area contributed by atoms with Crippen LogP contribution in [-0.2, 0) is 4.79 Å². The minimum Gasteiger partial charge on any atom is -0.481 e. The minimum absolute atomic E-state index is 0.0249. The van der Waals surface area contributed by atoms with E-state index < -0.39 is 5.97 Å². The number of hydrogen-bond acceptors (Lipinski definition) is 6. The van der Waals surface area contributed by atoms with Crippen molar-refractivity contribution >= 4 is 34.2 Å². The number of nitrogens with one attached hydrogen (secondary N) is 1. The van der Waals surface area contributed by atoms with Crippen LogP contribution in [0.5, 0.6) is 0 Å². The van der Waals surface area contributed by atoms with Gasteiger partial charge in [0.05, 0.1) is 5.75 Å². The molecule has 7 heteroatoms. The van der Waals surface area contributed by atoms with Crippen LogP contribution in [0.2, 0.25) is 0 Å². The highest BCUT2D eigenvalue weighted by molar-refractivity contribution is 8.01. The Kier molecular flexibility index (Phi) is 7.29. The Bertz CT molecular complexity index is 422. The number of aromatic nitrogens is 2. The summed E-state index contributed by atoms with van der Waals surface area (Å²) in [5, 5.41) is 20.7. The van der Waals surface area contributed by atoms with Crippen LogP contribution in [0.4, 0.5) is 5.13 Å². The van der Waals surface area contributed by atoms with Gasteiger partial charge in [-0.2, -0.15) is 0 Å². The highest BCUT2D eigenvalue weighted by Crippen LogP contribution is 2.28. The fourth-order valence-electron chi connectivity index (χ4n) is 1.72. The van der Waals surface area contributed by atoms with Crippen LogP contribution in [0.25, 0.3) is 0 Å². The lowest BCUT2D eigenvalue weighted by Crippen LogP contribution is -2.23. The molecule has 0 radical (unpaired) electrons.